The molecule has 0 spiro atoms. The summed E-state index contributed by atoms with van der Waals surface area (Å²) in [6.07, 6.45) is 1.36. The van der Waals surface area contributed by atoms with Gasteiger partial charge in [0, 0.05) is 6.54 Å². The van der Waals surface area contributed by atoms with Crippen LogP contribution in [-0.4, -0.2) is 42.6 Å². The minimum Gasteiger partial charge on any atom is -0.291 e. The Balaban J connectivity index is 2.61. The zero-order valence-corrected chi connectivity index (χ0v) is 7.41. The summed E-state index contributed by atoms with van der Waals surface area (Å²) in [6.45, 7) is 3.16. The van der Waals surface area contributed by atoms with Gasteiger partial charge in [-0.3, -0.25) is 9.80 Å². The van der Waals surface area contributed by atoms with E-state index in [4.69, 9.17) is 5.26 Å². The van der Waals surface area contributed by atoms with Crippen molar-refractivity contribution in [2.24, 2.45) is 0 Å². The second-order valence-corrected chi connectivity index (χ2v) is 3.21. The van der Waals surface area contributed by atoms with Crippen molar-refractivity contribution < 1.29 is 0 Å². The van der Waals surface area contributed by atoms with E-state index in [-0.39, 0.29) is 6.04 Å². The van der Waals surface area contributed by atoms with E-state index in [0.717, 1.165) is 13.0 Å². The smallest absolute Gasteiger partial charge is 0.0999 e. The third-order valence-corrected chi connectivity index (χ3v) is 2.62. The van der Waals surface area contributed by atoms with Gasteiger partial charge in [0.1, 0.15) is 0 Å². The largest absolute Gasteiger partial charge is 0.291 e. The number of rotatable bonds is 0. The van der Waals surface area contributed by atoms with E-state index in [1.165, 1.54) is 0 Å². The summed E-state index contributed by atoms with van der Waals surface area (Å²) in [5.74, 6) is 0. The maximum Gasteiger partial charge on any atom is 0.0999 e. The van der Waals surface area contributed by atoms with Crippen LogP contribution in [0.5, 0.6) is 0 Å². The van der Waals surface area contributed by atoms with Crippen molar-refractivity contribution in [2.75, 3.05) is 20.6 Å². The highest BCUT2D eigenvalue weighted by Crippen LogP contribution is 2.15. The van der Waals surface area contributed by atoms with Crippen molar-refractivity contribution in [3.8, 4) is 6.07 Å². The maximum atomic E-state index is 8.76. The van der Waals surface area contributed by atoms with Crippen LogP contribution in [0.4, 0.5) is 0 Å². The molecule has 0 radical (unpaired) electrons. The van der Waals surface area contributed by atoms with Gasteiger partial charge in [0.05, 0.1) is 18.3 Å². The molecular weight excluding hydrogens is 138 g/mol. The normalized spacial score (nSPS) is 35.1. The van der Waals surface area contributed by atoms with Crippen LogP contribution in [0.1, 0.15) is 13.3 Å². The van der Waals surface area contributed by atoms with Crippen LogP contribution >= 0.6 is 0 Å². The molecule has 3 heteroatoms. The highest BCUT2D eigenvalue weighted by atomic mass is 15.4. The van der Waals surface area contributed by atoms with Gasteiger partial charge in [0.2, 0.25) is 0 Å². The monoisotopic (exact) mass is 153 g/mol. The minimum atomic E-state index is 0.112. The lowest BCUT2D eigenvalue weighted by Crippen LogP contribution is -2.52. The molecule has 0 aromatic rings. The van der Waals surface area contributed by atoms with E-state index >= 15 is 0 Å². The molecule has 0 bridgehead atoms. The predicted octanol–water partition coefficient (Wildman–Crippen LogP) is 0.492. The van der Waals surface area contributed by atoms with E-state index < -0.39 is 0 Å². The average Bonchev–Trinajstić information content (AvgIpc) is 2.01. The predicted molar refractivity (Wildman–Crippen MR) is 43.9 cm³/mol. The van der Waals surface area contributed by atoms with E-state index in [1.807, 2.05) is 7.05 Å². The number of nitriles is 1. The first-order valence-corrected chi connectivity index (χ1v) is 3.98. The SMILES string of the molecule is CC1N(C)CCC(C#N)N1C. The highest BCUT2D eigenvalue weighted by Gasteiger charge is 2.27. The van der Waals surface area contributed by atoms with Crippen molar-refractivity contribution in [3.63, 3.8) is 0 Å². The Bertz CT molecular complexity index is 173. The van der Waals surface area contributed by atoms with Gasteiger partial charge in [-0.15, -0.1) is 0 Å². The Kier molecular flexibility index (Phi) is 2.48. The first kappa shape index (κ1) is 8.51. The standard InChI is InChI=1S/C8H15N3/c1-7-10(2)5-4-8(6-9)11(7)3/h7-8H,4-5H2,1-3H3. The number of hydrogen-bond acceptors (Lipinski definition) is 3. The van der Waals surface area contributed by atoms with Gasteiger partial charge in [-0.1, -0.05) is 0 Å². The van der Waals surface area contributed by atoms with Crippen LogP contribution in [0.25, 0.3) is 0 Å². The van der Waals surface area contributed by atoms with Crippen molar-refractivity contribution in [1.29, 1.82) is 5.26 Å². The van der Waals surface area contributed by atoms with Gasteiger partial charge in [0.15, 0.2) is 0 Å². The Morgan fingerprint density at radius 2 is 2.09 bits per heavy atom. The highest BCUT2D eigenvalue weighted by molar-refractivity contribution is 4.95. The molecule has 62 valence electrons. The molecule has 1 aliphatic rings. The average molecular weight is 153 g/mol. The summed E-state index contributed by atoms with van der Waals surface area (Å²) in [7, 11) is 4.10. The van der Waals surface area contributed by atoms with Crippen LogP contribution in [0, 0.1) is 11.3 Å². The molecule has 1 rings (SSSR count). The first-order valence-electron chi connectivity index (χ1n) is 3.98. The molecule has 3 nitrogen and oxygen atoms in total. The Morgan fingerprint density at radius 1 is 1.45 bits per heavy atom. The van der Waals surface area contributed by atoms with Crippen molar-refractivity contribution in [1.82, 2.24) is 9.80 Å². The molecule has 0 saturated carbocycles. The molecule has 1 aliphatic heterocycles. The quantitative estimate of drug-likeness (QED) is 0.507. The van der Waals surface area contributed by atoms with Gasteiger partial charge in [0.25, 0.3) is 0 Å². The summed E-state index contributed by atoms with van der Waals surface area (Å²) in [5, 5.41) is 8.76. The minimum absolute atomic E-state index is 0.112. The molecule has 0 N–H and O–H groups in total. The molecule has 1 heterocycles. The Morgan fingerprint density at radius 3 is 2.64 bits per heavy atom. The van der Waals surface area contributed by atoms with Gasteiger partial charge in [-0.2, -0.15) is 5.26 Å². The van der Waals surface area contributed by atoms with Gasteiger partial charge < -0.3 is 0 Å². The molecule has 1 fully saturated rings. The lowest BCUT2D eigenvalue weighted by Gasteiger charge is -2.40. The zero-order chi connectivity index (χ0) is 8.43. The van der Waals surface area contributed by atoms with Crippen molar-refractivity contribution in [2.45, 2.75) is 25.6 Å². The second-order valence-electron chi connectivity index (χ2n) is 3.21. The molecule has 0 aliphatic carbocycles. The molecular formula is C8H15N3. The Labute approximate surface area is 68.2 Å². The second kappa shape index (κ2) is 3.21. The fraction of sp³-hybridized carbons (Fsp3) is 0.875. The van der Waals surface area contributed by atoms with Crippen molar-refractivity contribution >= 4 is 0 Å². The third kappa shape index (κ3) is 1.52. The molecule has 11 heavy (non-hydrogen) atoms. The van der Waals surface area contributed by atoms with Gasteiger partial charge in [-0.25, -0.2) is 0 Å². The zero-order valence-electron chi connectivity index (χ0n) is 7.41. The topological polar surface area (TPSA) is 30.3 Å². The summed E-state index contributed by atoms with van der Waals surface area (Å²) in [4.78, 5) is 4.37. The van der Waals surface area contributed by atoms with Gasteiger partial charge >= 0.3 is 0 Å². The molecule has 0 aromatic carbocycles. The van der Waals surface area contributed by atoms with Crippen LogP contribution in [-0.2, 0) is 0 Å². The molecule has 2 unspecified atom stereocenters. The summed E-state index contributed by atoms with van der Waals surface area (Å²) in [6, 6.07) is 2.42. The molecule has 2 atom stereocenters. The van der Waals surface area contributed by atoms with E-state index in [9.17, 15) is 0 Å². The van der Waals surface area contributed by atoms with Crippen LogP contribution in [0.3, 0.4) is 0 Å². The fourth-order valence-electron chi connectivity index (χ4n) is 1.44. The summed E-state index contributed by atoms with van der Waals surface area (Å²) < 4.78 is 0. The van der Waals surface area contributed by atoms with E-state index in [0.29, 0.717) is 6.17 Å². The van der Waals surface area contributed by atoms with E-state index in [2.05, 4.69) is 29.8 Å². The number of hydrogen-bond donors (Lipinski definition) is 0. The molecule has 0 aromatic heterocycles. The van der Waals surface area contributed by atoms with Crippen LogP contribution in [0.2, 0.25) is 0 Å². The molecule has 1 saturated heterocycles. The summed E-state index contributed by atoms with van der Waals surface area (Å²) >= 11 is 0. The van der Waals surface area contributed by atoms with Crippen LogP contribution < -0.4 is 0 Å². The van der Waals surface area contributed by atoms with Crippen molar-refractivity contribution in [3.05, 3.63) is 0 Å². The maximum absolute atomic E-state index is 8.76. The Hall–Kier alpha value is -0.590. The van der Waals surface area contributed by atoms with Gasteiger partial charge in [-0.05, 0) is 27.4 Å². The third-order valence-electron chi connectivity index (χ3n) is 2.62. The van der Waals surface area contributed by atoms with E-state index in [1.54, 1.807) is 0 Å². The van der Waals surface area contributed by atoms with Crippen LogP contribution in [0.15, 0.2) is 0 Å². The first-order chi connectivity index (χ1) is 5.16. The lowest BCUT2D eigenvalue weighted by molar-refractivity contribution is 0.0318. The molecule has 0 amide bonds. The number of nitrogens with zero attached hydrogens (tertiary/aromatic N) is 3. The summed E-state index contributed by atoms with van der Waals surface area (Å²) in [5.41, 5.74) is 0. The fourth-order valence-corrected chi connectivity index (χ4v) is 1.44. The lowest BCUT2D eigenvalue weighted by atomic mass is 10.1.